The number of rotatable bonds is 6. The first-order chi connectivity index (χ1) is 23.8. The van der Waals surface area contributed by atoms with E-state index in [1.54, 1.807) is 0 Å². The van der Waals surface area contributed by atoms with Crippen molar-refractivity contribution in [3.8, 4) is 23.0 Å². The molecular weight excluding hydrogens is 660 g/mol. The molecule has 0 aliphatic carbocycles. The summed E-state index contributed by atoms with van der Waals surface area (Å²) >= 11 is 0. The van der Waals surface area contributed by atoms with Crippen LogP contribution in [0.25, 0.3) is 33.1 Å². The van der Waals surface area contributed by atoms with Crippen molar-refractivity contribution in [1.29, 1.82) is 0 Å². The minimum Gasteiger partial charge on any atom is -0.508 e. The molecular formula is C35H18O15. The van der Waals surface area contributed by atoms with E-state index >= 15 is 0 Å². The molecule has 248 valence electrons. The first-order valence-corrected chi connectivity index (χ1v) is 14.2. The fraction of sp³-hybridized carbons (Fsp3) is 0. The van der Waals surface area contributed by atoms with Crippen molar-refractivity contribution in [2.24, 2.45) is 0 Å². The number of carboxylic acid groups (broad SMARTS) is 2. The van der Waals surface area contributed by atoms with E-state index in [2.05, 4.69) is 0 Å². The maximum absolute atomic E-state index is 13.3. The first-order valence-electron chi connectivity index (χ1n) is 14.2. The lowest BCUT2D eigenvalue weighted by molar-refractivity contribution is -0.133. The predicted molar refractivity (Wildman–Crippen MR) is 167 cm³/mol. The zero-order chi connectivity index (χ0) is 35.8. The molecule has 0 saturated carbocycles. The number of carbonyl (C=O) groups excluding carboxylic acids is 3. The number of cyclic esters (lactones) is 2. The Balaban J connectivity index is 1.48. The molecule has 4 aromatic carbocycles. The molecule has 0 amide bonds. The van der Waals surface area contributed by atoms with E-state index in [0.717, 1.165) is 12.1 Å². The standard InChI is InChI=1S/C35H18O15/c36-15-5-1-12(2-6-15)22(31(41)42)29-26(39)21(34(46)49-29)14-9-17-18(11-20(38)28-24(17)19(10-14)33(45)48-28)25-27(40)30(50-35(25)47)23(32(43)44)13-3-7-16(37)8-4-13/h1-11,36-40H,(H,41,42)(H,43,44)/b29-22+,30-23+. The van der Waals surface area contributed by atoms with Gasteiger partial charge in [-0.3, -0.25) is 0 Å². The topological polar surface area (TPSA) is 255 Å². The minimum absolute atomic E-state index is 0.0481. The largest absolute Gasteiger partial charge is 0.508 e. The van der Waals surface area contributed by atoms with Crippen molar-refractivity contribution >= 4 is 62.9 Å². The van der Waals surface area contributed by atoms with Gasteiger partial charge in [0.05, 0.1) is 5.56 Å². The number of aromatic hydroxyl groups is 3. The number of carbonyl (C=O) groups is 5. The zero-order valence-corrected chi connectivity index (χ0v) is 24.7. The molecule has 7 rings (SSSR count). The van der Waals surface area contributed by atoms with E-state index in [9.17, 15) is 59.7 Å². The Morgan fingerprint density at radius 2 is 1.02 bits per heavy atom. The third-order valence-corrected chi connectivity index (χ3v) is 8.04. The minimum atomic E-state index is -1.62. The Morgan fingerprint density at radius 3 is 1.52 bits per heavy atom. The second-order valence-corrected chi connectivity index (χ2v) is 10.9. The van der Waals surface area contributed by atoms with Gasteiger partial charge in [0.1, 0.15) is 33.8 Å². The van der Waals surface area contributed by atoms with Gasteiger partial charge in [-0.1, -0.05) is 24.3 Å². The Labute approximate surface area is 277 Å². The van der Waals surface area contributed by atoms with Crippen molar-refractivity contribution in [3.63, 3.8) is 0 Å². The molecule has 0 bridgehead atoms. The van der Waals surface area contributed by atoms with Crippen LogP contribution < -0.4 is 4.74 Å². The lowest BCUT2D eigenvalue weighted by Gasteiger charge is -2.11. The fourth-order valence-electron chi connectivity index (χ4n) is 5.87. The van der Waals surface area contributed by atoms with E-state index < -0.39 is 80.9 Å². The average Bonchev–Trinajstić information content (AvgIpc) is 3.66. The van der Waals surface area contributed by atoms with E-state index in [4.69, 9.17) is 14.2 Å². The van der Waals surface area contributed by atoms with E-state index in [-0.39, 0.29) is 55.8 Å². The lowest BCUT2D eigenvalue weighted by Crippen LogP contribution is -2.06. The highest BCUT2D eigenvalue weighted by atomic mass is 16.6. The van der Waals surface area contributed by atoms with Crippen LogP contribution in [0, 0.1) is 0 Å². The summed E-state index contributed by atoms with van der Waals surface area (Å²) in [7, 11) is 0. The van der Waals surface area contributed by atoms with Gasteiger partial charge in [0.2, 0.25) is 0 Å². The number of esters is 3. The molecule has 3 aliphatic heterocycles. The predicted octanol–water partition coefficient (Wildman–Crippen LogP) is 4.13. The number of benzene rings is 4. The molecule has 0 spiro atoms. The number of hydrogen-bond acceptors (Lipinski definition) is 13. The Morgan fingerprint density at radius 1 is 0.540 bits per heavy atom. The molecule has 4 aromatic rings. The summed E-state index contributed by atoms with van der Waals surface area (Å²) in [6, 6.07) is 12.7. The second kappa shape index (κ2) is 11.0. The van der Waals surface area contributed by atoms with Crippen LogP contribution in [0.2, 0.25) is 0 Å². The van der Waals surface area contributed by atoms with Gasteiger partial charge in [0.25, 0.3) is 0 Å². The van der Waals surface area contributed by atoms with Gasteiger partial charge in [-0.15, -0.1) is 0 Å². The maximum atomic E-state index is 13.3. The lowest BCUT2D eigenvalue weighted by atomic mass is 9.90. The molecule has 0 aromatic heterocycles. The van der Waals surface area contributed by atoms with Gasteiger partial charge in [-0.2, -0.15) is 0 Å². The van der Waals surface area contributed by atoms with Crippen molar-refractivity contribution in [2.45, 2.75) is 0 Å². The third-order valence-electron chi connectivity index (χ3n) is 8.04. The Kier molecular flexibility index (Phi) is 6.85. The third kappa shape index (κ3) is 4.64. The summed E-state index contributed by atoms with van der Waals surface area (Å²) in [4.78, 5) is 64.0. The molecule has 15 nitrogen and oxygen atoms in total. The summed E-state index contributed by atoms with van der Waals surface area (Å²) in [6.45, 7) is 0. The summed E-state index contributed by atoms with van der Waals surface area (Å²) in [5.74, 6) is -11.6. The SMILES string of the molecule is O=C1O/C(=C(/C(=O)O)c2ccc(O)cc2)C(O)=C1c1cc2c3c(c(O)cc(C4=C(O)/C(=C(\C(=O)O)c5ccc(O)cc5)OC4=O)c3c1)OC2=O. The highest BCUT2D eigenvalue weighted by Gasteiger charge is 2.41. The number of aliphatic hydroxyl groups excluding tert-OH is 2. The smallest absolute Gasteiger partial charge is 0.348 e. The van der Waals surface area contributed by atoms with Gasteiger partial charge in [0, 0.05) is 10.9 Å². The van der Waals surface area contributed by atoms with Crippen LogP contribution in [-0.2, 0) is 28.7 Å². The van der Waals surface area contributed by atoms with Gasteiger partial charge in [0.15, 0.2) is 34.5 Å². The fourth-order valence-corrected chi connectivity index (χ4v) is 5.87. The average molecular weight is 679 g/mol. The normalized spacial score (nSPS) is 17.2. The van der Waals surface area contributed by atoms with Crippen molar-refractivity contribution < 1.29 is 73.9 Å². The molecule has 0 atom stereocenters. The molecule has 7 N–H and O–H groups in total. The number of hydrogen-bond donors (Lipinski definition) is 7. The number of phenols is 3. The zero-order valence-electron chi connectivity index (χ0n) is 24.7. The molecule has 0 radical (unpaired) electrons. The number of ether oxygens (including phenoxy) is 3. The highest BCUT2D eigenvalue weighted by molar-refractivity contribution is 6.30. The molecule has 0 fully saturated rings. The van der Waals surface area contributed by atoms with E-state index in [1.165, 1.54) is 54.6 Å². The van der Waals surface area contributed by atoms with Gasteiger partial charge < -0.3 is 50.0 Å². The quantitative estimate of drug-likeness (QED) is 0.0859. The summed E-state index contributed by atoms with van der Waals surface area (Å²) in [5, 5.41) is 72.3. The number of phenolic OH excluding ortho intramolecular Hbond substituents is 3. The summed E-state index contributed by atoms with van der Waals surface area (Å²) in [5.41, 5.74) is -3.50. The molecule has 3 aliphatic rings. The van der Waals surface area contributed by atoms with Crippen LogP contribution in [0.1, 0.15) is 32.6 Å². The maximum Gasteiger partial charge on any atom is 0.348 e. The van der Waals surface area contributed by atoms with Gasteiger partial charge in [-0.25, -0.2) is 24.0 Å². The molecule has 0 unspecified atom stereocenters. The second-order valence-electron chi connectivity index (χ2n) is 10.9. The molecule has 50 heavy (non-hydrogen) atoms. The number of aliphatic carboxylic acids is 2. The van der Waals surface area contributed by atoms with Gasteiger partial charge in [-0.05, 0) is 64.5 Å². The van der Waals surface area contributed by atoms with Crippen LogP contribution in [0.3, 0.4) is 0 Å². The summed E-state index contributed by atoms with van der Waals surface area (Å²) in [6.07, 6.45) is 0. The van der Waals surface area contributed by atoms with Crippen molar-refractivity contribution in [1.82, 2.24) is 0 Å². The molecule has 0 saturated heterocycles. The van der Waals surface area contributed by atoms with Crippen molar-refractivity contribution in [2.75, 3.05) is 0 Å². The number of carboxylic acids is 2. The first kappa shape index (κ1) is 31.1. The van der Waals surface area contributed by atoms with Crippen LogP contribution >= 0.6 is 0 Å². The van der Waals surface area contributed by atoms with Crippen LogP contribution in [0.4, 0.5) is 0 Å². The van der Waals surface area contributed by atoms with Crippen molar-refractivity contribution in [3.05, 3.63) is 118 Å². The molecule has 15 heteroatoms. The monoisotopic (exact) mass is 678 g/mol. The van der Waals surface area contributed by atoms with Crippen LogP contribution in [-0.4, -0.2) is 65.6 Å². The highest BCUT2D eigenvalue weighted by Crippen LogP contribution is 2.49. The van der Waals surface area contributed by atoms with Crippen LogP contribution in [0.15, 0.2) is 89.8 Å². The van der Waals surface area contributed by atoms with Gasteiger partial charge >= 0.3 is 29.8 Å². The molecule has 3 heterocycles. The Bertz CT molecular complexity index is 2420. The number of aliphatic hydroxyl groups is 2. The van der Waals surface area contributed by atoms with E-state index in [0.29, 0.717) is 0 Å². The Hall–Kier alpha value is -7.55. The van der Waals surface area contributed by atoms with E-state index in [1.807, 2.05) is 0 Å². The summed E-state index contributed by atoms with van der Waals surface area (Å²) < 4.78 is 15.6. The van der Waals surface area contributed by atoms with Crippen LogP contribution in [0.5, 0.6) is 23.0 Å².